The van der Waals surface area contributed by atoms with Gasteiger partial charge in [-0.1, -0.05) is 23.8 Å². The molecule has 6 nitrogen and oxygen atoms in total. The Labute approximate surface area is 116 Å². The maximum Gasteiger partial charge on any atom is 0.331 e. The lowest BCUT2D eigenvalue weighted by Crippen LogP contribution is -2.43. The van der Waals surface area contributed by atoms with Crippen LogP contribution in [-0.4, -0.2) is 24.4 Å². The summed E-state index contributed by atoms with van der Waals surface area (Å²) < 4.78 is 4.67. The molecular formula is C14H16N2O4. The van der Waals surface area contributed by atoms with Crippen LogP contribution in [0.1, 0.15) is 24.2 Å². The third-order valence-corrected chi connectivity index (χ3v) is 2.10. The summed E-state index contributed by atoms with van der Waals surface area (Å²) in [5, 5.41) is 0. The van der Waals surface area contributed by atoms with Crippen LogP contribution in [0.25, 0.3) is 0 Å². The fourth-order valence-electron chi connectivity index (χ4n) is 1.24. The number of nitrogens with one attached hydrogen (secondary N) is 2. The molecule has 20 heavy (non-hydrogen) atoms. The normalized spacial score (nSPS) is 9.30. The van der Waals surface area contributed by atoms with E-state index in [0.717, 1.165) is 5.57 Å². The first-order valence-corrected chi connectivity index (χ1v) is 5.95. The molecule has 0 saturated heterocycles. The van der Waals surface area contributed by atoms with E-state index >= 15 is 0 Å². The minimum atomic E-state index is -0.621. The second kappa shape index (κ2) is 7.73. The van der Waals surface area contributed by atoms with Crippen LogP contribution in [0.4, 0.5) is 0 Å². The Balaban J connectivity index is 2.32. The van der Waals surface area contributed by atoms with E-state index in [9.17, 15) is 14.4 Å². The van der Waals surface area contributed by atoms with Crippen molar-refractivity contribution in [2.24, 2.45) is 0 Å². The minimum Gasteiger partial charge on any atom is -0.452 e. The number of carbonyl (C=O) groups excluding carboxylic acids is 3. The first-order chi connectivity index (χ1) is 9.49. The molecule has 6 heteroatoms. The number of hydrogen-bond donors (Lipinski definition) is 2. The lowest BCUT2D eigenvalue weighted by atomic mass is 10.2. The summed E-state index contributed by atoms with van der Waals surface area (Å²) in [7, 11) is 0. The van der Waals surface area contributed by atoms with Crippen molar-refractivity contribution in [2.45, 2.75) is 13.8 Å². The maximum absolute atomic E-state index is 11.6. The topological polar surface area (TPSA) is 84.5 Å². The highest BCUT2D eigenvalue weighted by Crippen LogP contribution is 1.96. The molecule has 0 saturated carbocycles. The molecule has 0 aliphatic heterocycles. The first kappa shape index (κ1) is 15.4. The van der Waals surface area contributed by atoms with E-state index in [0.29, 0.717) is 5.56 Å². The van der Waals surface area contributed by atoms with Gasteiger partial charge in [-0.3, -0.25) is 20.4 Å². The van der Waals surface area contributed by atoms with E-state index in [1.165, 1.54) is 6.08 Å². The summed E-state index contributed by atoms with van der Waals surface area (Å²) in [6.07, 6.45) is 1.27. The van der Waals surface area contributed by atoms with Crippen molar-refractivity contribution in [3.8, 4) is 0 Å². The largest absolute Gasteiger partial charge is 0.452 e. The lowest BCUT2D eigenvalue weighted by molar-refractivity contribution is -0.144. The van der Waals surface area contributed by atoms with E-state index in [1.807, 2.05) is 0 Å². The van der Waals surface area contributed by atoms with Gasteiger partial charge in [0, 0.05) is 11.6 Å². The van der Waals surface area contributed by atoms with Gasteiger partial charge in [-0.25, -0.2) is 4.79 Å². The molecule has 0 aromatic heterocycles. The Kier molecular flexibility index (Phi) is 5.96. The molecule has 0 radical (unpaired) electrons. The third kappa shape index (κ3) is 5.81. The van der Waals surface area contributed by atoms with Gasteiger partial charge in [0.1, 0.15) is 0 Å². The van der Waals surface area contributed by atoms with Crippen LogP contribution in [0.2, 0.25) is 0 Å². The smallest absolute Gasteiger partial charge is 0.331 e. The fraction of sp³-hybridized carbons (Fsp3) is 0.214. The number of allylic oxidation sites excluding steroid dienone is 1. The van der Waals surface area contributed by atoms with Gasteiger partial charge >= 0.3 is 5.97 Å². The predicted molar refractivity (Wildman–Crippen MR) is 72.4 cm³/mol. The zero-order valence-corrected chi connectivity index (χ0v) is 11.3. The van der Waals surface area contributed by atoms with Gasteiger partial charge in [-0.15, -0.1) is 0 Å². The first-order valence-electron chi connectivity index (χ1n) is 5.95. The number of hydrogen-bond acceptors (Lipinski definition) is 4. The van der Waals surface area contributed by atoms with Crippen molar-refractivity contribution in [3.05, 3.63) is 47.5 Å². The molecule has 2 amide bonds. The van der Waals surface area contributed by atoms with E-state index in [1.54, 1.807) is 44.2 Å². The zero-order valence-electron chi connectivity index (χ0n) is 11.3. The standard InChI is InChI=1S/C14H16N2O4/c1-10(2)8-13(18)20-9-12(17)15-16-14(19)11-6-4-3-5-7-11/h3-8H,9H2,1-2H3,(H,15,17)(H,16,19). The van der Waals surface area contributed by atoms with Gasteiger partial charge in [0.25, 0.3) is 11.8 Å². The van der Waals surface area contributed by atoms with Gasteiger partial charge < -0.3 is 4.74 Å². The van der Waals surface area contributed by atoms with Gasteiger partial charge in [0.05, 0.1) is 0 Å². The molecule has 2 N–H and O–H groups in total. The van der Waals surface area contributed by atoms with Crippen LogP contribution in [0, 0.1) is 0 Å². The molecule has 0 bridgehead atoms. The van der Waals surface area contributed by atoms with Gasteiger partial charge in [0.2, 0.25) is 0 Å². The molecule has 0 unspecified atom stereocenters. The molecule has 0 heterocycles. The third-order valence-electron chi connectivity index (χ3n) is 2.10. The van der Waals surface area contributed by atoms with Crippen molar-refractivity contribution in [1.82, 2.24) is 10.9 Å². The fourth-order valence-corrected chi connectivity index (χ4v) is 1.24. The molecule has 0 aliphatic carbocycles. The Bertz CT molecular complexity index is 519. The number of amides is 2. The number of esters is 1. The summed E-state index contributed by atoms with van der Waals surface area (Å²) in [5.74, 6) is -1.67. The molecule has 1 aromatic rings. The summed E-state index contributed by atoms with van der Waals surface area (Å²) in [6, 6.07) is 8.40. The molecular weight excluding hydrogens is 260 g/mol. The van der Waals surface area contributed by atoms with Crippen molar-refractivity contribution in [3.63, 3.8) is 0 Å². The predicted octanol–water partition coefficient (Wildman–Crippen LogP) is 0.957. The average Bonchev–Trinajstić information content (AvgIpc) is 2.42. The second-order valence-electron chi connectivity index (χ2n) is 4.20. The molecule has 0 fully saturated rings. The summed E-state index contributed by atoms with van der Waals surface area (Å²) in [4.78, 5) is 34.1. The number of ether oxygens (including phenoxy) is 1. The summed E-state index contributed by atoms with van der Waals surface area (Å²) in [5.41, 5.74) is 5.55. The number of hydrazine groups is 1. The number of rotatable bonds is 4. The molecule has 1 rings (SSSR count). The van der Waals surface area contributed by atoms with Crippen LogP contribution in [0.3, 0.4) is 0 Å². The Morgan fingerprint density at radius 3 is 2.35 bits per heavy atom. The van der Waals surface area contributed by atoms with Crippen LogP contribution in [-0.2, 0) is 14.3 Å². The second-order valence-corrected chi connectivity index (χ2v) is 4.20. The number of carbonyl (C=O) groups is 3. The summed E-state index contributed by atoms with van der Waals surface area (Å²) in [6.45, 7) is 3.01. The Morgan fingerprint density at radius 2 is 1.75 bits per heavy atom. The number of benzene rings is 1. The molecule has 0 spiro atoms. The van der Waals surface area contributed by atoms with Gasteiger partial charge in [-0.2, -0.15) is 0 Å². The summed E-state index contributed by atoms with van der Waals surface area (Å²) >= 11 is 0. The Morgan fingerprint density at radius 1 is 1.10 bits per heavy atom. The molecule has 1 aromatic carbocycles. The molecule has 106 valence electrons. The van der Waals surface area contributed by atoms with Crippen LogP contribution in [0.15, 0.2) is 42.0 Å². The van der Waals surface area contributed by atoms with Gasteiger partial charge in [0.15, 0.2) is 6.61 Å². The van der Waals surface area contributed by atoms with E-state index in [4.69, 9.17) is 0 Å². The monoisotopic (exact) mass is 276 g/mol. The van der Waals surface area contributed by atoms with Crippen LogP contribution < -0.4 is 10.9 Å². The van der Waals surface area contributed by atoms with Crippen LogP contribution in [0.5, 0.6) is 0 Å². The van der Waals surface area contributed by atoms with Crippen molar-refractivity contribution >= 4 is 17.8 Å². The van der Waals surface area contributed by atoms with Crippen LogP contribution >= 0.6 is 0 Å². The SMILES string of the molecule is CC(C)=CC(=O)OCC(=O)NNC(=O)c1ccccc1. The zero-order chi connectivity index (χ0) is 15.0. The highest BCUT2D eigenvalue weighted by Gasteiger charge is 2.08. The van der Waals surface area contributed by atoms with E-state index in [-0.39, 0.29) is 0 Å². The van der Waals surface area contributed by atoms with E-state index in [2.05, 4.69) is 15.6 Å². The van der Waals surface area contributed by atoms with E-state index < -0.39 is 24.4 Å². The maximum atomic E-state index is 11.6. The van der Waals surface area contributed by atoms with Crippen molar-refractivity contribution in [2.75, 3.05) is 6.61 Å². The minimum absolute atomic E-state index is 0.411. The lowest BCUT2D eigenvalue weighted by Gasteiger charge is -2.07. The Hall–Kier alpha value is -2.63. The average molecular weight is 276 g/mol. The highest BCUT2D eigenvalue weighted by atomic mass is 16.5. The van der Waals surface area contributed by atoms with Crippen molar-refractivity contribution in [1.29, 1.82) is 0 Å². The quantitative estimate of drug-likeness (QED) is 0.487. The molecule has 0 atom stereocenters. The van der Waals surface area contributed by atoms with Gasteiger partial charge in [-0.05, 0) is 26.0 Å². The van der Waals surface area contributed by atoms with Crippen molar-refractivity contribution < 1.29 is 19.1 Å². The molecule has 0 aliphatic rings. The highest BCUT2D eigenvalue weighted by molar-refractivity contribution is 5.95.